The fourth-order valence-corrected chi connectivity index (χ4v) is 1.21. The summed E-state index contributed by atoms with van der Waals surface area (Å²) < 4.78 is 5.06. The van der Waals surface area contributed by atoms with Gasteiger partial charge in [0.15, 0.2) is 0 Å². The van der Waals surface area contributed by atoms with Crippen molar-refractivity contribution in [1.82, 2.24) is 5.32 Å². The van der Waals surface area contributed by atoms with Crippen LogP contribution in [0.1, 0.15) is 33.6 Å². The molecule has 5 heteroatoms. The summed E-state index contributed by atoms with van der Waals surface area (Å²) in [7, 11) is 0. The highest BCUT2D eigenvalue weighted by Crippen LogP contribution is 2.11. The van der Waals surface area contributed by atoms with E-state index in [1.807, 2.05) is 13.8 Å². The summed E-state index contributed by atoms with van der Waals surface area (Å²) in [6.45, 7) is 6.31. The zero-order valence-electron chi connectivity index (χ0n) is 10.3. The lowest BCUT2D eigenvalue weighted by Gasteiger charge is -2.20. The van der Waals surface area contributed by atoms with Gasteiger partial charge in [-0.3, -0.25) is 9.59 Å². The van der Waals surface area contributed by atoms with Crippen LogP contribution in [0, 0.1) is 5.92 Å². The van der Waals surface area contributed by atoms with Crippen LogP contribution in [0.25, 0.3) is 0 Å². The first-order chi connectivity index (χ1) is 7.47. The largest absolute Gasteiger partial charge is 0.462 e. The fraction of sp³-hybridized carbons (Fsp3) is 0.818. The van der Waals surface area contributed by atoms with E-state index in [0.29, 0.717) is 13.1 Å². The summed E-state index contributed by atoms with van der Waals surface area (Å²) in [4.78, 5) is 22.3. The number of esters is 1. The van der Waals surface area contributed by atoms with E-state index in [0.717, 1.165) is 6.42 Å². The van der Waals surface area contributed by atoms with Gasteiger partial charge in [0, 0.05) is 13.5 Å². The van der Waals surface area contributed by atoms with Gasteiger partial charge in [0.1, 0.15) is 6.10 Å². The van der Waals surface area contributed by atoms with E-state index in [-0.39, 0.29) is 30.3 Å². The molecule has 0 radical (unpaired) electrons. The van der Waals surface area contributed by atoms with Crippen molar-refractivity contribution in [3.63, 3.8) is 0 Å². The van der Waals surface area contributed by atoms with Gasteiger partial charge >= 0.3 is 5.97 Å². The van der Waals surface area contributed by atoms with E-state index in [2.05, 4.69) is 5.32 Å². The maximum atomic E-state index is 11.5. The quantitative estimate of drug-likeness (QED) is 0.491. The third-order valence-corrected chi connectivity index (χ3v) is 2.15. The van der Waals surface area contributed by atoms with Crippen LogP contribution in [0.4, 0.5) is 0 Å². The number of hydrogen-bond acceptors (Lipinski definition) is 4. The minimum absolute atomic E-state index is 0.103. The molecular formula is C11H22N2O3. The van der Waals surface area contributed by atoms with E-state index in [9.17, 15) is 9.59 Å². The van der Waals surface area contributed by atoms with Crippen molar-refractivity contribution in [3.05, 3.63) is 0 Å². The summed E-state index contributed by atoms with van der Waals surface area (Å²) >= 11 is 0. The summed E-state index contributed by atoms with van der Waals surface area (Å²) in [6.07, 6.45) is 0.614. The van der Waals surface area contributed by atoms with E-state index < -0.39 is 0 Å². The molecule has 3 N–H and O–H groups in total. The normalized spacial score (nSPS) is 12.3. The topological polar surface area (TPSA) is 81.4 Å². The molecule has 94 valence electrons. The highest BCUT2D eigenvalue weighted by atomic mass is 16.5. The molecular weight excluding hydrogens is 208 g/mol. The van der Waals surface area contributed by atoms with Gasteiger partial charge in [-0.25, -0.2) is 0 Å². The molecule has 0 saturated carbocycles. The molecule has 0 spiro atoms. The van der Waals surface area contributed by atoms with Crippen LogP contribution in [0.5, 0.6) is 0 Å². The Balaban J connectivity index is 3.98. The van der Waals surface area contributed by atoms with Crippen molar-refractivity contribution in [2.45, 2.75) is 39.7 Å². The summed E-state index contributed by atoms with van der Waals surface area (Å²) in [5.74, 6) is -0.328. The minimum atomic E-state index is -0.353. The standard InChI is InChI=1S/C11H22N2O3/c1-8(2)10(16-9(3)14)7-11(15)13-6-4-5-12/h8,10H,4-7,12H2,1-3H3,(H,13,15). The fourth-order valence-electron chi connectivity index (χ4n) is 1.21. The monoisotopic (exact) mass is 230 g/mol. The van der Waals surface area contributed by atoms with Crippen LogP contribution in [0.15, 0.2) is 0 Å². The second-order valence-electron chi connectivity index (χ2n) is 4.09. The molecule has 1 unspecified atom stereocenters. The molecule has 5 nitrogen and oxygen atoms in total. The lowest BCUT2D eigenvalue weighted by molar-refractivity contribution is -0.150. The molecule has 0 fully saturated rings. The Morgan fingerprint density at radius 1 is 1.38 bits per heavy atom. The summed E-state index contributed by atoms with van der Waals surface area (Å²) in [5.41, 5.74) is 5.31. The highest BCUT2D eigenvalue weighted by Gasteiger charge is 2.19. The minimum Gasteiger partial charge on any atom is -0.462 e. The smallest absolute Gasteiger partial charge is 0.302 e. The number of ether oxygens (including phenoxy) is 1. The van der Waals surface area contributed by atoms with E-state index in [1.165, 1.54) is 6.92 Å². The Morgan fingerprint density at radius 3 is 2.44 bits per heavy atom. The second-order valence-corrected chi connectivity index (χ2v) is 4.09. The van der Waals surface area contributed by atoms with Crippen LogP contribution in [0.3, 0.4) is 0 Å². The molecule has 0 bridgehead atoms. The average Bonchev–Trinajstić information content (AvgIpc) is 2.16. The van der Waals surface area contributed by atoms with Crippen LogP contribution >= 0.6 is 0 Å². The zero-order valence-corrected chi connectivity index (χ0v) is 10.3. The zero-order chi connectivity index (χ0) is 12.6. The van der Waals surface area contributed by atoms with Gasteiger partial charge in [-0.2, -0.15) is 0 Å². The number of carbonyl (C=O) groups excluding carboxylic acids is 2. The maximum Gasteiger partial charge on any atom is 0.302 e. The predicted octanol–water partition coefficient (Wildman–Crippen LogP) is 0.429. The van der Waals surface area contributed by atoms with Crippen molar-refractivity contribution in [3.8, 4) is 0 Å². The molecule has 0 rings (SSSR count). The molecule has 0 aliphatic carbocycles. The number of nitrogens with one attached hydrogen (secondary N) is 1. The number of rotatable bonds is 7. The van der Waals surface area contributed by atoms with E-state index in [1.54, 1.807) is 0 Å². The first-order valence-electron chi connectivity index (χ1n) is 5.61. The third-order valence-electron chi connectivity index (χ3n) is 2.15. The molecule has 0 aromatic heterocycles. The van der Waals surface area contributed by atoms with Gasteiger partial charge in [-0.1, -0.05) is 13.8 Å². The molecule has 0 aromatic carbocycles. The number of hydrogen-bond donors (Lipinski definition) is 2. The van der Waals surface area contributed by atoms with Gasteiger partial charge in [0.05, 0.1) is 6.42 Å². The highest BCUT2D eigenvalue weighted by molar-refractivity contribution is 5.77. The molecule has 16 heavy (non-hydrogen) atoms. The molecule has 0 aliphatic heterocycles. The van der Waals surface area contributed by atoms with Crippen molar-refractivity contribution in [2.24, 2.45) is 11.7 Å². The summed E-state index contributed by atoms with van der Waals surface area (Å²) in [6, 6.07) is 0. The Morgan fingerprint density at radius 2 is 2.00 bits per heavy atom. The Kier molecular flexibility index (Phi) is 7.54. The van der Waals surface area contributed by atoms with Crippen molar-refractivity contribution >= 4 is 11.9 Å². The van der Waals surface area contributed by atoms with Gasteiger partial charge in [0.2, 0.25) is 5.91 Å². The molecule has 0 heterocycles. The molecule has 0 aromatic rings. The predicted molar refractivity (Wildman–Crippen MR) is 61.7 cm³/mol. The Hall–Kier alpha value is -1.10. The van der Waals surface area contributed by atoms with Gasteiger partial charge in [-0.05, 0) is 18.9 Å². The number of nitrogens with two attached hydrogens (primary N) is 1. The van der Waals surface area contributed by atoms with Crippen molar-refractivity contribution in [2.75, 3.05) is 13.1 Å². The molecule has 0 saturated heterocycles. The molecule has 0 aliphatic rings. The lowest BCUT2D eigenvalue weighted by Crippen LogP contribution is -2.33. The van der Waals surface area contributed by atoms with Crippen LogP contribution in [-0.2, 0) is 14.3 Å². The van der Waals surface area contributed by atoms with Gasteiger partial charge < -0.3 is 15.8 Å². The SMILES string of the molecule is CC(=O)OC(CC(=O)NCCCN)C(C)C. The van der Waals surface area contributed by atoms with Crippen LogP contribution < -0.4 is 11.1 Å². The number of amides is 1. The maximum absolute atomic E-state index is 11.5. The molecule has 1 atom stereocenters. The van der Waals surface area contributed by atoms with Gasteiger partial charge in [0.25, 0.3) is 0 Å². The third kappa shape index (κ3) is 7.23. The van der Waals surface area contributed by atoms with Crippen LogP contribution in [-0.4, -0.2) is 31.1 Å². The Bertz CT molecular complexity index is 229. The molecule has 1 amide bonds. The van der Waals surface area contributed by atoms with Gasteiger partial charge in [-0.15, -0.1) is 0 Å². The number of carbonyl (C=O) groups is 2. The van der Waals surface area contributed by atoms with E-state index >= 15 is 0 Å². The first-order valence-corrected chi connectivity index (χ1v) is 5.61. The first kappa shape index (κ1) is 14.9. The lowest BCUT2D eigenvalue weighted by atomic mass is 10.0. The van der Waals surface area contributed by atoms with E-state index in [4.69, 9.17) is 10.5 Å². The summed E-state index contributed by atoms with van der Waals surface area (Å²) in [5, 5.41) is 2.73. The Labute approximate surface area is 96.7 Å². The van der Waals surface area contributed by atoms with Crippen molar-refractivity contribution < 1.29 is 14.3 Å². The van der Waals surface area contributed by atoms with Crippen molar-refractivity contribution in [1.29, 1.82) is 0 Å². The second kappa shape index (κ2) is 8.10. The van der Waals surface area contributed by atoms with Crippen LogP contribution in [0.2, 0.25) is 0 Å². The average molecular weight is 230 g/mol.